The maximum absolute atomic E-state index is 15.1. The molecule has 1 aliphatic rings. The van der Waals surface area contributed by atoms with Crippen molar-refractivity contribution in [3.05, 3.63) is 34.6 Å². The van der Waals surface area contributed by atoms with E-state index >= 15 is 4.39 Å². The van der Waals surface area contributed by atoms with E-state index in [1.165, 1.54) is 17.7 Å². The van der Waals surface area contributed by atoms with Crippen LogP contribution in [0, 0.1) is 0 Å². The van der Waals surface area contributed by atoms with Crippen molar-refractivity contribution >= 4 is 29.1 Å². The third kappa shape index (κ3) is 4.16. The topological polar surface area (TPSA) is 158 Å². The molecule has 0 saturated carbocycles. The second-order valence-corrected chi connectivity index (χ2v) is 7.41. The van der Waals surface area contributed by atoms with E-state index in [-0.39, 0.29) is 30.1 Å². The predicted molar refractivity (Wildman–Crippen MR) is 109 cm³/mol. The number of rotatable bonds is 6. The standard InChI is InChI=1S/C19H22FN7O6/c1-4-12(29)32-17-13(20)14(31-9(2)28)16(33-17)27-15-11(7-22-18(21)23-15)26(19(27)30)8-10-5-6-25(3)24-10/h5-7,13-14,16-17H,4,8H2,1-3H3,(H2,21,22,23)/t13-,14-,16-,17+/m1/s1. The van der Waals surface area contributed by atoms with Gasteiger partial charge in [0.05, 0.1) is 18.4 Å². The van der Waals surface area contributed by atoms with E-state index in [4.69, 9.17) is 19.9 Å². The Morgan fingerprint density at radius 1 is 1.33 bits per heavy atom. The summed E-state index contributed by atoms with van der Waals surface area (Å²) < 4.78 is 34.7. The fourth-order valence-electron chi connectivity index (χ4n) is 3.59. The highest BCUT2D eigenvalue weighted by atomic mass is 19.1. The van der Waals surface area contributed by atoms with Gasteiger partial charge in [-0.2, -0.15) is 10.1 Å². The molecule has 0 spiro atoms. The Morgan fingerprint density at radius 3 is 2.73 bits per heavy atom. The number of nitrogens with zero attached hydrogens (tertiary/aromatic N) is 6. The number of imidazole rings is 1. The molecule has 1 aliphatic heterocycles. The average molecular weight is 463 g/mol. The summed E-state index contributed by atoms with van der Waals surface area (Å²) in [5.74, 6) is -1.67. The first kappa shape index (κ1) is 22.4. The normalized spacial score (nSPS) is 22.5. The third-order valence-corrected chi connectivity index (χ3v) is 5.03. The molecule has 176 valence electrons. The van der Waals surface area contributed by atoms with Crippen LogP contribution in [0.4, 0.5) is 10.3 Å². The van der Waals surface area contributed by atoms with Crippen molar-refractivity contribution in [3.63, 3.8) is 0 Å². The van der Waals surface area contributed by atoms with Crippen molar-refractivity contribution in [2.75, 3.05) is 5.73 Å². The smallest absolute Gasteiger partial charge is 0.333 e. The van der Waals surface area contributed by atoms with Gasteiger partial charge in [-0.05, 0) is 6.07 Å². The molecular weight excluding hydrogens is 441 g/mol. The summed E-state index contributed by atoms with van der Waals surface area (Å²) in [6, 6.07) is 1.72. The van der Waals surface area contributed by atoms with Gasteiger partial charge in [0.2, 0.25) is 18.4 Å². The van der Waals surface area contributed by atoms with Gasteiger partial charge in [0.15, 0.2) is 18.0 Å². The van der Waals surface area contributed by atoms with Crippen LogP contribution in [0.1, 0.15) is 32.2 Å². The van der Waals surface area contributed by atoms with Gasteiger partial charge in [-0.25, -0.2) is 18.7 Å². The molecular formula is C19H22FN7O6. The van der Waals surface area contributed by atoms with Crippen LogP contribution in [0.3, 0.4) is 0 Å². The van der Waals surface area contributed by atoms with Gasteiger partial charge in [0.25, 0.3) is 0 Å². The molecule has 0 bridgehead atoms. The minimum Gasteiger partial charge on any atom is -0.454 e. The number of fused-ring (bicyclic) bond motifs is 1. The lowest BCUT2D eigenvalue weighted by Gasteiger charge is -2.19. The molecule has 4 heterocycles. The minimum absolute atomic E-state index is 0.0252. The van der Waals surface area contributed by atoms with Gasteiger partial charge >= 0.3 is 17.6 Å². The van der Waals surface area contributed by atoms with E-state index in [0.29, 0.717) is 5.69 Å². The zero-order chi connectivity index (χ0) is 23.9. The second kappa shape index (κ2) is 8.61. The van der Waals surface area contributed by atoms with Crippen molar-refractivity contribution in [3.8, 4) is 0 Å². The maximum atomic E-state index is 15.1. The molecule has 2 N–H and O–H groups in total. The summed E-state index contributed by atoms with van der Waals surface area (Å²) in [6.45, 7) is 2.66. The molecule has 0 aromatic carbocycles. The predicted octanol–water partition coefficient (Wildman–Crippen LogP) is 0.0349. The Hall–Kier alpha value is -3.81. The SMILES string of the molecule is CCC(=O)O[C@H]1O[C@@H](n2c(=O)n(Cc3ccn(C)n3)c3cnc(N)nc32)[C@H](OC(C)=O)[C@H]1F. The molecule has 4 rings (SSSR count). The molecule has 0 aliphatic carbocycles. The lowest BCUT2D eigenvalue weighted by molar-refractivity contribution is -0.188. The lowest BCUT2D eigenvalue weighted by Crippen LogP contribution is -2.37. The zero-order valence-corrected chi connectivity index (χ0v) is 18.0. The number of hydrogen-bond donors (Lipinski definition) is 1. The molecule has 3 aromatic heterocycles. The van der Waals surface area contributed by atoms with Crippen LogP contribution < -0.4 is 11.4 Å². The molecule has 1 saturated heterocycles. The first-order chi connectivity index (χ1) is 15.7. The van der Waals surface area contributed by atoms with Gasteiger partial charge < -0.3 is 19.9 Å². The summed E-state index contributed by atoms with van der Waals surface area (Å²) >= 11 is 0. The van der Waals surface area contributed by atoms with Crippen LogP contribution in [0.5, 0.6) is 0 Å². The largest absolute Gasteiger partial charge is 0.454 e. The number of aromatic nitrogens is 6. The van der Waals surface area contributed by atoms with E-state index < -0.39 is 42.4 Å². The van der Waals surface area contributed by atoms with E-state index in [9.17, 15) is 14.4 Å². The van der Waals surface area contributed by atoms with Crippen molar-refractivity contribution in [1.82, 2.24) is 28.9 Å². The number of nitrogen functional groups attached to an aromatic ring is 1. The summed E-state index contributed by atoms with van der Waals surface area (Å²) in [4.78, 5) is 44.9. The van der Waals surface area contributed by atoms with Crippen molar-refractivity contribution in [2.45, 2.75) is 51.6 Å². The summed E-state index contributed by atoms with van der Waals surface area (Å²) in [5, 5.41) is 4.26. The number of esters is 2. The van der Waals surface area contributed by atoms with E-state index in [1.807, 2.05) is 0 Å². The maximum Gasteiger partial charge on any atom is 0.333 e. The zero-order valence-electron chi connectivity index (χ0n) is 18.0. The van der Waals surface area contributed by atoms with Crippen LogP contribution >= 0.6 is 0 Å². The van der Waals surface area contributed by atoms with Gasteiger partial charge in [-0.1, -0.05) is 6.92 Å². The number of ether oxygens (including phenoxy) is 3. The highest BCUT2D eigenvalue weighted by molar-refractivity contribution is 5.72. The van der Waals surface area contributed by atoms with Gasteiger partial charge in [-0.3, -0.25) is 18.8 Å². The van der Waals surface area contributed by atoms with Crippen LogP contribution in [0.15, 0.2) is 23.3 Å². The summed E-state index contributed by atoms with van der Waals surface area (Å²) in [6.07, 6.45) is -3.77. The molecule has 0 amide bonds. The van der Waals surface area contributed by atoms with Crippen LogP contribution in [-0.4, -0.2) is 59.4 Å². The minimum atomic E-state index is -2.05. The Balaban J connectivity index is 1.83. The fourth-order valence-corrected chi connectivity index (χ4v) is 3.59. The molecule has 13 nitrogen and oxygen atoms in total. The molecule has 4 atom stereocenters. The summed E-state index contributed by atoms with van der Waals surface area (Å²) in [7, 11) is 1.73. The molecule has 33 heavy (non-hydrogen) atoms. The Morgan fingerprint density at radius 2 is 2.09 bits per heavy atom. The molecule has 0 radical (unpaired) electrons. The first-order valence-electron chi connectivity index (χ1n) is 10.1. The van der Waals surface area contributed by atoms with Crippen LogP contribution in [0.2, 0.25) is 0 Å². The number of anilines is 1. The van der Waals surface area contributed by atoms with Crippen LogP contribution in [0.25, 0.3) is 11.2 Å². The Labute approximate surface area is 185 Å². The monoisotopic (exact) mass is 463 g/mol. The first-order valence-corrected chi connectivity index (χ1v) is 10.1. The number of nitrogens with two attached hydrogens (primary N) is 1. The van der Waals surface area contributed by atoms with Crippen LogP contribution in [-0.2, 0) is 37.4 Å². The van der Waals surface area contributed by atoms with Crippen molar-refractivity contribution in [2.24, 2.45) is 7.05 Å². The number of halogens is 1. The summed E-state index contributed by atoms with van der Waals surface area (Å²) in [5.41, 5.74) is 5.94. The number of carbonyl (C=O) groups is 2. The molecule has 14 heteroatoms. The molecule has 0 unspecified atom stereocenters. The third-order valence-electron chi connectivity index (χ3n) is 5.03. The quantitative estimate of drug-likeness (QED) is 0.495. The number of carbonyl (C=O) groups excluding carboxylic acids is 2. The van der Waals surface area contributed by atoms with Gasteiger partial charge in [0.1, 0.15) is 5.52 Å². The molecule has 3 aromatic rings. The molecule has 1 fully saturated rings. The number of hydrogen-bond acceptors (Lipinski definition) is 10. The van der Waals surface area contributed by atoms with Crippen molar-refractivity contribution in [1.29, 1.82) is 0 Å². The van der Waals surface area contributed by atoms with Crippen molar-refractivity contribution < 1.29 is 28.2 Å². The second-order valence-electron chi connectivity index (χ2n) is 7.41. The van der Waals surface area contributed by atoms with Gasteiger partial charge in [-0.15, -0.1) is 0 Å². The number of alkyl halides is 1. The van der Waals surface area contributed by atoms with E-state index in [2.05, 4.69) is 15.1 Å². The number of aryl methyl sites for hydroxylation is 1. The highest BCUT2D eigenvalue weighted by Crippen LogP contribution is 2.35. The fraction of sp³-hybridized carbons (Fsp3) is 0.474. The lowest BCUT2D eigenvalue weighted by atomic mass is 10.2. The Kier molecular flexibility index (Phi) is 5.84. The van der Waals surface area contributed by atoms with E-state index in [1.54, 1.807) is 24.0 Å². The Bertz CT molecular complexity index is 1270. The van der Waals surface area contributed by atoms with E-state index in [0.717, 1.165) is 11.5 Å². The highest BCUT2D eigenvalue weighted by Gasteiger charge is 2.51. The average Bonchev–Trinajstić information content (AvgIpc) is 3.38. The van der Waals surface area contributed by atoms with Gasteiger partial charge in [0, 0.05) is 26.6 Å².